The van der Waals surface area contributed by atoms with Gasteiger partial charge in [-0.2, -0.15) is 0 Å². The Balaban J connectivity index is 2.73. The van der Waals surface area contributed by atoms with Gasteiger partial charge in [-0.3, -0.25) is 9.59 Å². The molecule has 1 heterocycles. The van der Waals surface area contributed by atoms with Gasteiger partial charge in [-0.05, 0) is 32.9 Å². The molecule has 0 fully saturated rings. The van der Waals surface area contributed by atoms with Crippen molar-refractivity contribution in [3.8, 4) is 0 Å². The number of hydrogen-bond acceptors (Lipinski definition) is 3. The molecule has 0 aliphatic rings. The number of nitrogens with zero attached hydrogens (tertiary/aromatic N) is 1. The summed E-state index contributed by atoms with van der Waals surface area (Å²) in [7, 11) is 0. The van der Waals surface area contributed by atoms with E-state index in [4.69, 9.17) is 9.52 Å². The summed E-state index contributed by atoms with van der Waals surface area (Å²) < 4.78 is 5.38. The molecule has 0 aromatic carbocycles. The van der Waals surface area contributed by atoms with Gasteiger partial charge in [0.2, 0.25) is 5.91 Å². The van der Waals surface area contributed by atoms with E-state index >= 15 is 0 Å². The van der Waals surface area contributed by atoms with Gasteiger partial charge in [0.1, 0.15) is 17.9 Å². The number of aryl methyl sites for hydroxylation is 1. The van der Waals surface area contributed by atoms with Gasteiger partial charge in [0.25, 0.3) is 0 Å². The molecule has 0 spiro atoms. The molecule has 0 saturated carbocycles. The number of carboxylic acids is 1. The summed E-state index contributed by atoms with van der Waals surface area (Å²) in [6.45, 7) is 5.81. The van der Waals surface area contributed by atoms with Crippen LogP contribution in [0.25, 0.3) is 0 Å². The Kier molecular flexibility index (Phi) is 4.31. The SMILES string of the molecule is Cc1ccc(CN(C(=O)CC(=O)O)C(C)C)o1. The summed E-state index contributed by atoms with van der Waals surface area (Å²) in [5.41, 5.74) is 0. The molecule has 94 valence electrons. The van der Waals surface area contributed by atoms with Crippen molar-refractivity contribution in [3.05, 3.63) is 23.7 Å². The van der Waals surface area contributed by atoms with Crippen molar-refractivity contribution in [2.45, 2.75) is 39.8 Å². The van der Waals surface area contributed by atoms with E-state index in [1.165, 1.54) is 4.90 Å². The van der Waals surface area contributed by atoms with E-state index in [0.717, 1.165) is 5.76 Å². The fraction of sp³-hybridized carbons (Fsp3) is 0.500. The van der Waals surface area contributed by atoms with Crippen LogP contribution in [-0.4, -0.2) is 27.9 Å². The average Bonchev–Trinajstić information content (AvgIpc) is 2.58. The zero-order valence-electron chi connectivity index (χ0n) is 10.3. The average molecular weight is 239 g/mol. The predicted octanol–water partition coefficient (Wildman–Crippen LogP) is 1.80. The highest BCUT2D eigenvalue weighted by atomic mass is 16.4. The van der Waals surface area contributed by atoms with E-state index in [0.29, 0.717) is 12.3 Å². The Bertz CT molecular complexity index is 408. The van der Waals surface area contributed by atoms with Crippen molar-refractivity contribution in [3.63, 3.8) is 0 Å². The van der Waals surface area contributed by atoms with Crippen LogP contribution in [0.2, 0.25) is 0 Å². The molecule has 5 nitrogen and oxygen atoms in total. The molecule has 0 radical (unpaired) electrons. The summed E-state index contributed by atoms with van der Waals surface area (Å²) in [5.74, 6) is -0.0813. The third-order valence-corrected chi connectivity index (χ3v) is 2.37. The summed E-state index contributed by atoms with van der Waals surface area (Å²) in [4.78, 5) is 23.7. The first-order chi connectivity index (χ1) is 7.90. The van der Waals surface area contributed by atoms with Crippen molar-refractivity contribution >= 4 is 11.9 Å². The molecular weight excluding hydrogens is 222 g/mol. The van der Waals surface area contributed by atoms with E-state index in [1.54, 1.807) is 6.07 Å². The lowest BCUT2D eigenvalue weighted by molar-refractivity contribution is -0.145. The number of amides is 1. The Morgan fingerprint density at radius 1 is 1.41 bits per heavy atom. The van der Waals surface area contributed by atoms with Gasteiger partial charge in [-0.25, -0.2) is 0 Å². The van der Waals surface area contributed by atoms with Crippen LogP contribution in [0.3, 0.4) is 0 Å². The molecule has 1 amide bonds. The van der Waals surface area contributed by atoms with Gasteiger partial charge in [0, 0.05) is 6.04 Å². The number of furan rings is 1. The molecule has 1 N–H and O–H groups in total. The minimum absolute atomic E-state index is 0.0627. The smallest absolute Gasteiger partial charge is 0.312 e. The Morgan fingerprint density at radius 3 is 2.47 bits per heavy atom. The maximum atomic E-state index is 11.7. The highest BCUT2D eigenvalue weighted by Gasteiger charge is 2.20. The maximum absolute atomic E-state index is 11.7. The van der Waals surface area contributed by atoms with Gasteiger partial charge in [-0.15, -0.1) is 0 Å². The first-order valence-corrected chi connectivity index (χ1v) is 5.46. The van der Waals surface area contributed by atoms with Crippen molar-refractivity contribution in [2.75, 3.05) is 0 Å². The van der Waals surface area contributed by atoms with Crippen molar-refractivity contribution in [2.24, 2.45) is 0 Å². The molecule has 0 aliphatic carbocycles. The predicted molar refractivity (Wildman–Crippen MR) is 61.4 cm³/mol. The lowest BCUT2D eigenvalue weighted by Crippen LogP contribution is -2.37. The number of carboxylic acid groups (broad SMARTS) is 1. The quantitative estimate of drug-likeness (QED) is 0.795. The summed E-state index contributed by atoms with van der Waals surface area (Å²) >= 11 is 0. The molecule has 0 aliphatic heterocycles. The largest absolute Gasteiger partial charge is 0.481 e. The number of carbonyl (C=O) groups excluding carboxylic acids is 1. The third-order valence-electron chi connectivity index (χ3n) is 2.37. The van der Waals surface area contributed by atoms with Gasteiger partial charge < -0.3 is 14.4 Å². The Labute approximate surface area is 100 Å². The molecule has 1 aromatic heterocycles. The summed E-state index contributed by atoms with van der Waals surface area (Å²) in [6.07, 6.45) is -0.488. The maximum Gasteiger partial charge on any atom is 0.312 e. The van der Waals surface area contributed by atoms with Gasteiger partial charge in [0.15, 0.2) is 0 Å². The van der Waals surface area contributed by atoms with Crippen molar-refractivity contribution in [1.82, 2.24) is 4.90 Å². The van der Waals surface area contributed by atoms with E-state index in [2.05, 4.69) is 0 Å². The van der Waals surface area contributed by atoms with E-state index in [1.807, 2.05) is 26.8 Å². The van der Waals surface area contributed by atoms with Crippen LogP contribution in [0.1, 0.15) is 31.8 Å². The van der Waals surface area contributed by atoms with Gasteiger partial charge >= 0.3 is 5.97 Å². The lowest BCUT2D eigenvalue weighted by atomic mass is 10.2. The van der Waals surface area contributed by atoms with Crippen LogP contribution in [0, 0.1) is 6.92 Å². The lowest BCUT2D eigenvalue weighted by Gasteiger charge is -2.25. The van der Waals surface area contributed by atoms with E-state index < -0.39 is 18.3 Å². The number of aliphatic carboxylic acids is 1. The zero-order valence-corrected chi connectivity index (χ0v) is 10.3. The Morgan fingerprint density at radius 2 is 2.06 bits per heavy atom. The first kappa shape index (κ1) is 13.3. The summed E-state index contributed by atoms with van der Waals surface area (Å²) in [6, 6.07) is 3.54. The fourth-order valence-corrected chi connectivity index (χ4v) is 1.53. The van der Waals surface area contributed by atoms with Gasteiger partial charge in [0.05, 0.1) is 6.54 Å². The zero-order chi connectivity index (χ0) is 13.0. The van der Waals surface area contributed by atoms with Crippen LogP contribution in [0.4, 0.5) is 0 Å². The number of carbonyl (C=O) groups is 2. The molecule has 0 bridgehead atoms. The molecule has 0 atom stereocenters. The number of rotatable bonds is 5. The van der Waals surface area contributed by atoms with Gasteiger partial charge in [-0.1, -0.05) is 0 Å². The van der Waals surface area contributed by atoms with Crippen molar-refractivity contribution < 1.29 is 19.1 Å². The van der Waals surface area contributed by atoms with Crippen LogP contribution >= 0.6 is 0 Å². The second kappa shape index (κ2) is 5.52. The number of hydrogen-bond donors (Lipinski definition) is 1. The van der Waals surface area contributed by atoms with Crippen LogP contribution in [0.15, 0.2) is 16.5 Å². The highest BCUT2D eigenvalue weighted by Crippen LogP contribution is 2.13. The topological polar surface area (TPSA) is 70.8 Å². The van der Waals surface area contributed by atoms with E-state index in [9.17, 15) is 9.59 Å². The second-order valence-corrected chi connectivity index (χ2v) is 4.20. The molecule has 0 unspecified atom stereocenters. The Hall–Kier alpha value is -1.78. The fourth-order valence-electron chi connectivity index (χ4n) is 1.53. The second-order valence-electron chi connectivity index (χ2n) is 4.20. The summed E-state index contributed by atoms with van der Waals surface area (Å²) in [5, 5.41) is 8.61. The first-order valence-electron chi connectivity index (χ1n) is 5.46. The molecular formula is C12H17NO4. The third kappa shape index (κ3) is 3.94. The standard InChI is InChI=1S/C12H17NO4/c1-8(2)13(11(14)6-12(15)16)7-10-5-4-9(3)17-10/h4-5,8H,6-7H2,1-3H3,(H,15,16). The molecule has 5 heteroatoms. The highest BCUT2D eigenvalue weighted by molar-refractivity contribution is 5.93. The van der Waals surface area contributed by atoms with Crippen LogP contribution in [0.5, 0.6) is 0 Å². The van der Waals surface area contributed by atoms with Crippen molar-refractivity contribution in [1.29, 1.82) is 0 Å². The minimum atomic E-state index is -1.11. The normalized spacial score (nSPS) is 10.6. The van der Waals surface area contributed by atoms with E-state index in [-0.39, 0.29) is 6.04 Å². The monoisotopic (exact) mass is 239 g/mol. The van der Waals surface area contributed by atoms with Crippen LogP contribution in [-0.2, 0) is 16.1 Å². The molecule has 17 heavy (non-hydrogen) atoms. The molecule has 1 aromatic rings. The van der Waals surface area contributed by atoms with Crippen LogP contribution < -0.4 is 0 Å². The molecule has 0 saturated heterocycles. The minimum Gasteiger partial charge on any atom is -0.481 e. The molecule has 1 rings (SSSR count).